The van der Waals surface area contributed by atoms with E-state index in [9.17, 15) is 9.59 Å². The van der Waals surface area contributed by atoms with E-state index in [0.29, 0.717) is 35.6 Å². The molecule has 8 nitrogen and oxygen atoms in total. The molecule has 2 fully saturated rings. The molecule has 4 rings (SSSR count). The molecule has 1 saturated heterocycles. The Morgan fingerprint density at radius 1 is 1.22 bits per heavy atom. The average molecular weight is 370 g/mol. The van der Waals surface area contributed by atoms with Crippen LogP contribution in [0.3, 0.4) is 0 Å². The van der Waals surface area contributed by atoms with E-state index in [0.717, 1.165) is 19.5 Å². The Bertz CT molecular complexity index is 858. The molecule has 2 aromatic heterocycles. The van der Waals surface area contributed by atoms with Crippen molar-refractivity contribution in [2.45, 2.75) is 32.7 Å². The Kier molecular flexibility index (Phi) is 4.28. The highest BCUT2D eigenvalue weighted by molar-refractivity contribution is 5.93. The highest BCUT2D eigenvalue weighted by atomic mass is 16.2. The van der Waals surface area contributed by atoms with Crippen molar-refractivity contribution in [2.75, 3.05) is 19.6 Å². The summed E-state index contributed by atoms with van der Waals surface area (Å²) < 4.78 is 1.73. The fourth-order valence-corrected chi connectivity index (χ4v) is 4.03. The smallest absolute Gasteiger partial charge is 0.317 e. The number of hydrogen-bond acceptors (Lipinski definition) is 4. The van der Waals surface area contributed by atoms with Gasteiger partial charge in [-0.15, -0.1) is 0 Å². The number of nitrogens with zero attached hydrogens (tertiary/aromatic N) is 4. The topological polar surface area (TPSA) is 91.6 Å². The third-order valence-corrected chi connectivity index (χ3v) is 5.41. The number of urea groups is 1. The number of carbonyl (C=O) groups is 2. The van der Waals surface area contributed by atoms with Gasteiger partial charge in [0.25, 0.3) is 5.91 Å². The molecule has 1 aliphatic heterocycles. The minimum absolute atomic E-state index is 0.0316. The lowest BCUT2D eigenvalue weighted by Gasteiger charge is -2.27. The van der Waals surface area contributed by atoms with Crippen molar-refractivity contribution in [3.05, 3.63) is 30.4 Å². The van der Waals surface area contributed by atoms with E-state index in [4.69, 9.17) is 0 Å². The summed E-state index contributed by atoms with van der Waals surface area (Å²) in [5.41, 5.74) is 0.323. The molecule has 2 N–H and O–H groups in total. The SMILES string of the molecule is CC(C)(C)NC(=O)N1C[C@@H]2C(CCNC(=O)c3cnc4nccn4c3)[C@@H]2C1. The van der Waals surface area contributed by atoms with E-state index in [1.165, 1.54) is 0 Å². The third kappa shape index (κ3) is 3.74. The predicted molar refractivity (Wildman–Crippen MR) is 100 cm³/mol. The first kappa shape index (κ1) is 17.8. The summed E-state index contributed by atoms with van der Waals surface area (Å²) in [5.74, 6) is 2.24. The second kappa shape index (κ2) is 6.51. The molecule has 3 amide bonds. The van der Waals surface area contributed by atoms with Gasteiger partial charge in [-0.25, -0.2) is 14.8 Å². The van der Waals surface area contributed by atoms with Crippen LogP contribution in [0, 0.1) is 17.8 Å². The number of aromatic nitrogens is 3. The van der Waals surface area contributed by atoms with Crippen molar-refractivity contribution < 1.29 is 9.59 Å². The molecular formula is C19H26N6O2. The van der Waals surface area contributed by atoms with Gasteiger partial charge < -0.3 is 15.5 Å². The molecule has 0 radical (unpaired) electrons. The van der Waals surface area contributed by atoms with Gasteiger partial charge in [0.1, 0.15) is 0 Å². The summed E-state index contributed by atoms with van der Waals surface area (Å²) in [6.45, 7) is 8.28. The molecule has 1 saturated carbocycles. The average Bonchev–Trinajstić information content (AvgIpc) is 2.99. The number of rotatable bonds is 4. The van der Waals surface area contributed by atoms with Crippen LogP contribution < -0.4 is 10.6 Å². The summed E-state index contributed by atoms with van der Waals surface area (Å²) in [6, 6.07) is 0.0316. The van der Waals surface area contributed by atoms with Crippen LogP contribution in [0.1, 0.15) is 37.6 Å². The number of nitrogens with one attached hydrogen (secondary N) is 2. The molecule has 27 heavy (non-hydrogen) atoms. The molecule has 0 spiro atoms. The maximum Gasteiger partial charge on any atom is 0.317 e. The lowest BCUT2D eigenvalue weighted by molar-refractivity contribution is 0.0951. The van der Waals surface area contributed by atoms with Crippen molar-refractivity contribution >= 4 is 17.7 Å². The van der Waals surface area contributed by atoms with Crippen molar-refractivity contribution in [1.29, 1.82) is 0 Å². The standard InChI is InChI=1S/C19H26N6O2/c1-19(2,3)23-18(27)25-10-14-13(15(14)11-25)4-5-20-16(26)12-8-22-17-21-6-7-24(17)9-12/h6-9,13-15H,4-5,10-11H2,1-3H3,(H,20,26)(H,23,27)/t13?,14-,15+. The van der Waals surface area contributed by atoms with Gasteiger partial charge in [0.2, 0.25) is 5.78 Å². The highest BCUT2D eigenvalue weighted by Crippen LogP contribution is 2.53. The summed E-state index contributed by atoms with van der Waals surface area (Å²) in [7, 11) is 0. The largest absolute Gasteiger partial charge is 0.352 e. The Balaban J connectivity index is 1.21. The van der Waals surface area contributed by atoms with Crippen LogP contribution in [-0.4, -0.2) is 56.4 Å². The quantitative estimate of drug-likeness (QED) is 0.854. The molecule has 1 unspecified atom stereocenters. The Hall–Kier alpha value is -2.64. The first-order chi connectivity index (χ1) is 12.8. The second-order valence-corrected chi connectivity index (χ2v) is 8.60. The zero-order valence-corrected chi connectivity index (χ0v) is 16.0. The van der Waals surface area contributed by atoms with Gasteiger partial charge in [-0.3, -0.25) is 9.20 Å². The Morgan fingerprint density at radius 3 is 2.67 bits per heavy atom. The lowest BCUT2D eigenvalue weighted by Crippen LogP contribution is -2.48. The minimum atomic E-state index is -0.206. The minimum Gasteiger partial charge on any atom is -0.352 e. The summed E-state index contributed by atoms with van der Waals surface area (Å²) in [4.78, 5) is 34.7. The number of hydrogen-bond donors (Lipinski definition) is 2. The van der Waals surface area contributed by atoms with Crippen LogP contribution in [0.25, 0.3) is 5.78 Å². The maximum atomic E-state index is 12.3. The predicted octanol–water partition coefficient (Wildman–Crippen LogP) is 1.54. The van der Waals surface area contributed by atoms with Crippen LogP contribution in [-0.2, 0) is 0 Å². The maximum absolute atomic E-state index is 12.3. The van der Waals surface area contributed by atoms with Gasteiger partial charge in [0, 0.05) is 50.0 Å². The van der Waals surface area contributed by atoms with Crippen LogP contribution >= 0.6 is 0 Å². The van der Waals surface area contributed by atoms with Crippen LogP contribution in [0.2, 0.25) is 0 Å². The fourth-order valence-electron chi connectivity index (χ4n) is 4.03. The zero-order valence-electron chi connectivity index (χ0n) is 16.0. The van der Waals surface area contributed by atoms with Gasteiger partial charge in [0.05, 0.1) is 5.56 Å². The molecule has 144 valence electrons. The number of imidazole rings is 1. The molecule has 1 aliphatic carbocycles. The van der Waals surface area contributed by atoms with E-state index in [1.54, 1.807) is 29.2 Å². The van der Waals surface area contributed by atoms with Crippen LogP contribution in [0.5, 0.6) is 0 Å². The van der Waals surface area contributed by atoms with Crippen molar-refractivity contribution in [2.24, 2.45) is 17.8 Å². The Labute approximate surface area is 158 Å². The van der Waals surface area contributed by atoms with E-state index in [1.807, 2.05) is 25.7 Å². The van der Waals surface area contributed by atoms with Crippen LogP contribution in [0.4, 0.5) is 4.79 Å². The van der Waals surface area contributed by atoms with Crippen molar-refractivity contribution in [3.63, 3.8) is 0 Å². The molecule has 0 bridgehead atoms. The van der Waals surface area contributed by atoms with Gasteiger partial charge in [-0.05, 0) is 44.9 Å². The first-order valence-corrected chi connectivity index (χ1v) is 9.46. The number of amides is 3. The van der Waals surface area contributed by atoms with Crippen molar-refractivity contribution in [3.8, 4) is 0 Å². The van der Waals surface area contributed by atoms with Gasteiger partial charge >= 0.3 is 6.03 Å². The Morgan fingerprint density at radius 2 is 1.96 bits per heavy atom. The van der Waals surface area contributed by atoms with Gasteiger partial charge in [-0.1, -0.05) is 0 Å². The van der Waals surface area contributed by atoms with E-state index in [2.05, 4.69) is 20.6 Å². The fraction of sp³-hybridized carbons (Fsp3) is 0.579. The van der Waals surface area contributed by atoms with E-state index >= 15 is 0 Å². The van der Waals surface area contributed by atoms with Crippen LogP contribution in [0.15, 0.2) is 24.8 Å². The number of likely N-dealkylation sites (tertiary alicyclic amines) is 1. The molecule has 2 aromatic rings. The monoisotopic (exact) mass is 370 g/mol. The lowest BCUT2D eigenvalue weighted by atomic mass is 10.1. The summed E-state index contributed by atoms with van der Waals surface area (Å²) >= 11 is 0. The summed E-state index contributed by atoms with van der Waals surface area (Å²) in [6.07, 6.45) is 7.67. The highest BCUT2D eigenvalue weighted by Gasteiger charge is 2.55. The molecule has 3 heterocycles. The first-order valence-electron chi connectivity index (χ1n) is 9.46. The number of piperidine rings is 1. The third-order valence-electron chi connectivity index (χ3n) is 5.41. The zero-order chi connectivity index (χ0) is 19.2. The normalized spacial score (nSPS) is 24.0. The molecule has 3 atom stereocenters. The molecule has 0 aromatic carbocycles. The molecular weight excluding hydrogens is 344 g/mol. The molecule has 2 aliphatic rings. The van der Waals surface area contributed by atoms with E-state index in [-0.39, 0.29) is 17.5 Å². The van der Waals surface area contributed by atoms with Gasteiger partial charge in [0.15, 0.2) is 0 Å². The summed E-state index contributed by atoms with van der Waals surface area (Å²) in [5, 5.41) is 6.00. The van der Waals surface area contributed by atoms with Gasteiger partial charge in [-0.2, -0.15) is 0 Å². The van der Waals surface area contributed by atoms with E-state index < -0.39 is 0 Å². The number of carbonyl (C=O) groups excluding carboxylic acids is 2. The number of fused-ring (bicyclic) bond motifs is 2. The second-order valence-electron chi connectivity index (χ2n) is 8.60. The van der Waals surface area contributed by atoms with Crippen molar-refractivity contribution in [1.82, 2.24) is 29.9 Å². The molecule has 8 heteroatoms.